The number of nitrogens with zero attached hydrogens (tertiary/aromatic N) is 1. The third kappa shape index (κ3) is 9.93. The fraction of sp³-hybridized carbons (Fsp3) is 0.588. The largest absolute Gasteiger partial charge is 0.493 e. The Morgan fingerprint density at radius 3 is 2.38 bits per heavy atom. The van der Waals surface area contributed by atoms with Crippen molar-refractivity contribution in [1.29, 1.82) is 0 Å². The van der Waals surface area contributed by atoms with Gasteiger partial charge in [-0.15, -0.1) is 24.0 Å². The standard InChI is InChI=1S/C17H26F3N3O2.HI/c1-4-21-16(23-11-9-17(18,19)20)22-10-5-6-13-7-8-14(24-2)15(12-13)25-3;/h7-8,12H,4-6,9-11H2,1-3H3,(H2,21,22,23);1H. The average molecular weight is 489 g/mol. The molecule has 2 N–H and O–H groups in total. The second-order valence-electron chi connectivity index (χ2n) is 5.35. The second kappa shape index (κ2) is 12.9. The molecule has 0 aliphatic heterocycles. The SMILES string of the molecule is CCNC(=NCCCc1ccc(OC)c(OC)c1)NCCC(F)(F)F.I. The molecule has 0 atom stereocenters. The fourth-order valence-electron chi connectivity index (χ4n) is 2.17. The molecule has 0 bridgehead atoms. The first-order valence-corrected chi connectivity index (χ1v) is 8.19. The summed E-state index contributed by atoms with van der Waals surface area (Å²) in [5, 5.41) is 5.63. The minimum atomic E-state index is -4.17. The zero-order chi connectivity index (χ0) is 18.7. The lowest BCUT2D eigenvalue weighted by Crippen LogP contribution is -2.39. The monoisotopic (exact) mass is 489 g/mol. The number of methoxy groups -OCH3 is 2. The van der Waals surface area contributed by atoms with Crippen LogP contribution in [-0.4, -0.2) is 46.0 Å². The van der Waals surface area contributed by atoms with Crippen molar-refractivity contribution in [3.8, 4) is 11.5 Å². The minimum absolute atomic E-state index is 0. The normalized spacial score (nSPS) is 11.5. The Kier molecular flexibility index (Phi) is 12.2. The highest BCUT2D eigenvalue weighted by molar-refractivity contribution is 14.0. The van der Waals surface area contributed by atoms with E-state index in [9.17, 15) is 13.2 Å². The van der Waals surface area contributed by atoms with Gasteiger partial charge < -0.3 is 20.1 Å². The summed E-state index contributed by atoms with van der Waals surface area (Å²) in [5.74, 6) is 1.75. The Morgan fingerprint density at radius 2 is 1.81 bits per heavy atom. The maximum absolute atomic E-state index is 12.2. The first-order valence-electron chi connectivity index (χ1n) is 8.19. The molecule has 0 saturated heterocycles. The molecular weight excluding hydrogens is 462 g/mol. The third-order valence-electron chi connectivity index (χ3n) is 3.39. The molecule has 9 heteroatoms. The predicted molar refractivity (Wildman–Crippen MR) is 108 cm³/mol. The molecule has 1 aromatic rings. The van der Waals surface area contributed by atoms with Crippen molar-refractivity contribution >= 4 is 29.9 Å². The van der Waals surface area contributed by atoms with Gasteiger partial charge in [0, 0.05) is 19.6 Å². The molecule has 0 aliphatic rings. The molecule has 1 aromatic carbocycles. The van der Waals surface area contributed by atoms with E-state index in [-0.39, 0.29) is 30.5 Å². The molecule has 0 heterocycles. The number of halogens is 4. The van der Waals surface area contributed by atoms with Crippen molar-refractivity contribution in [1.82, 2.24) is 10.6 Å². The number of nitrogens with one attached hydrogen (secondary N) is 2. The van der Waals surface area contributed by atoms with Gasteiger partial charge in [0.25, 0.3) is 0 Å². The van der Waals surface area contributed by atoms with Crippen LogP contribution in [0.4, 0.5) is 13.2 Å². The van der Waals surface area contributed by atoms with E-state index in [0.717, 1.165) is 18.4 Å². The highest BCUT2D eigenvalue weighted by Gasteiger charge is 2.26. The minimum Gasteiger partial charge on any atom is -0.493 e. The summed E-state index contributed by atoms with van der Waals surface area (Å²) in [5.41, 5.74) is 1.09. The van der Waals surface area contributed by atoms with Gasteiger partial charge in [0.15, 0.2) is 17.5 Å². The van der Waals surface area contributed by atoms with E-state index in [1.807, 2.05) is 25.1 Å². The van der Waals surface area contributed by atoms with Crippen LogP contribution in [0.25, 0.3) is 0 Å². The van der Waals surface area contributed by atoms with Crippen molar-refractivity contribution < 1.29 is 22.6 Å². The van der Waals surface area contributed by atoms with Crippen LogP contribution in [0.5, 0.6) is 11.5 Å². The summed E-state index contributed by atoms with van der Waals surface area (Å²) in [6.07, 6.45) is -3.50. The van der Waals surface area contributed by atoms with Crippen LogP contribution < -0.4 is 20.1 Å². The predicted octanol–water partition coefficient (Wildman–Crippen LogP) is 3.76. The maximum atomic E-state index is 12.2. The number of aryl methyl sites for hydroxylation is 1. The molecule has 5 nitrogen and oxygen atoms in total. The van der Waals surface area contributed by atoms with Crippen molar-refractivity contribution in [3.63, 3.8) is 0 Å². The van der Waals surface area contributed by atoms with Gasteiger partial charge in [-0.1, -0.05) is 6.07 Å². The van der Waals surface area contributed by atoms with Crippen LogP contribution in [-0.2, 0) is 6.42 Å². The fourth-order valence-corrected chi connectivity index (χ4v) is 2.17. The molecule has 0 unspecified atom stereocenters. The zero-order valence-corrected chi connectivity index (χ0v) is 17.6. The third-order valence-corrected chi connectivity index (χ3v) is 3.39. The van der Waals surface area contributed by atoms with Crippen LogP contribution in [0.2, 0.25) is 0 Å². The molecule has 0 aliphatic carbocycles. The number of aliphatic imine (C=N–C) groups is 1. The van der Waals surface area contributed by atoms with Crippen molar-refractivity contribution in [2.45, 2.75) is 32.4 Å². The number of alkyl halides is 3. The molecule has 150 valence electrons. The lowest BCUT2D eigenvalue weighted by molar-refractivity contribution is -0.132. The molecule has 26 heavy (non-hydrogen) atoms. The molecule has 0 fully saturated rings. The topological polar surface area (TPSA) is 54.9 Å². The van der Waals surface area contributed by atoms with Gasteiger partial charge in [0.05, 0.1) is 20.6 Å². The van der Waals surface area contributed by atoms with Crippen LogP contribution >= 0.6 is 24.0 Å². The van der Waals surface area contributed by atoms with Crippen molar-refractivity contribution in [3.05, 3.63) is 23.8 Å². The summed E-state index contributed by atoms with van der Waals surface area (Å²) >= 11 is 0. The van der Waals surface area contributed by atoms with Gasteiger partial charge in [-0.25, -0.2) is 0 Å². The average Bonchev–Trinajstić information content (AvgIpc) is 2.57. The van der Waals surface area contributed by atoms with E-state index in [1.54, 1.807) is 14.2 Å². The lowest BCUT2D eigenvalue weighted by atomic mass is 10.1. The zero-order valence-electron chi connectivity index (χ0n) is 15.3. The van der Waals surface area contributed by atoms with Crippen LogP contribution in [0.1, 0.15) is 25.3 Å². The van der Waals surface area contributed by atoms with Gasteiger partial charge in [0.1, 0.15) is 0 Å². The Balaban J connectivity index is 0.00000625. The quantitative estimate of drug-likeness (QED) is 0.240. The van der Waals surface area contributed by atoms with Crippen molar-refractivity contribution in [2.75, 3.05) is 33.9 Å². The first-order chi connectivity index (χ1) is 11.9. The van der Waals surface area contributed by atoms with Gasteiger partial charge in [-0.3, -0.25) is 4.99 Å². The van der Waals surface area contributed by atoms with E-state index in [4.69, 9.17) is 9.47 Å². The molecular formula is C17H27F3IN3O2. The van der Waals surface area contributed by atoms with Crippen LogP contribution in [0, 0.1) is 0 Å². The number of guanidine groups is 1. The molecule has 1 rings (SSSR count). The summed E-state index contributed by atoms with van der Waals surface area (Å²) in [6.45, 7) is 2.78. The van der Waals surface area contributed by atoms with E-state index in [1.165, 1.54) is 0 Å². The Morgan fingerprint density at radius 1 is 1.12 bits per heavy atom. The van der Waals surface area contributed by atoms with Gasteiger partial charge >= 0.3 is 6.18 Å². The van der Waals surface area contributed by atoms with E-state index in [0.29, 0.717) is 30.5 Å². The summed E-state index contributed by atoms with van der Waals surface area (Å²) in [6, 6.07) is 5.72. The number of hydrogen-bond acceptors (Lipinski definition) is 3. The van der Waals surface area contributed by atoms with Crippen LogP contribution in [0.15, 0.2) is 23.2 Å². The van der Waals surface area contributed by atoms with E-state index < -0.39 is 12.6 Å². The molecule has 0 aromatic heterocycles. The van der Waals surface area contributed by atoms with E-state index in [2.05, 4.69) is 15.6 Å². The summed E-state index contributed by atoms with van der Waals surface area (Å²) in [4.78, 5) is 4.30. The van der Waals surface area contributed by atoms with Gasteiger partial charge in [-0.05, 0) is 37.5 Å². The highest BCUT2D eigenvalue weighted by atomic mass is 127. The smallest absolute Gasteiger partial charge is 0.390 e. The Hall–Kier alpha value is -1.39. The number of hydrogen-bond donors (Lipinski definition) is 2. The summed E-state index contributed by atoms with van der Waals surface area (Å²) < 4.78 is 47.0. The van der Waals surface area contributed by atoms with Gasteiger partial charge in [0.2, 0.25) is 0 Å². The Labute approximate surface area is 169 Å². The number of rotatable bonds is 9. The second-order valence-corrected chi connectivity index (χ2v) is 5.35. The molecule has 0 saturated carbocycles. The maximum Gasteiger partial charge on any atom is 0.390 e. The Bertz CT molecular complexity index is 555. The number of benzene rings is 1. The summed E-state index contributed by atoms with van der Waals surface area (Å²) in [7, 11) is 3.17. The number of ether oxygens (including phenoxy) is 2. The molecule has 0 amide bonds. The van der Waals surface area contributed by atoms with Crippen molar-refractivity contribution in [2.24, 2.45) is 4.99 Å². The lowest BCUT2D eigenvalue weighted by Gasteiger charge is -2.12. The van der Waals surface area contributed by atoms with Gasteiger partial charge in [-0.2, -0.15) is 13.2 Å². The van der Waals surface area contributed by atoms with Crippen LogP contribution in [0.3, 0.4) is 0 Å². The highest BCUT2D eigenvalue weighted by Crippen LogP contribution is 2.27. The van der Waals surface area contributed by atoms with E-state index >= 15 is 0 Å². The molecule has 0 radical (unpaired) electrons. The molecule has 0 spiro atoms. The first kappa shape index (κ1) is 24.6.